The van der Waals surface area contributed by atoms with Gasteiger partial charge in [0.05, 0.1) is 5.57 Å². The Balaban J connectivity index is 1.71. The van der Waals surface area contributed by atoms with Crippen molar-refractivity contribution < 1.29 is 14.4 Å². The van der Waals surface area contributed by atoms with Crippen molar-refractivity contribution in [2.45, 2.75) is 99.3 Å². The van der Waals surface area contributed by atoms with Crippen molar-refractivity contribution in [3.8, 4) is 6.07 Å². The number of hydrogen-bond acceptors (Lipinski definition) is 4. The second-order valence-corrected chi connectivity index (χ2v) is 14.5. The molecule has 0 unspecified atom stereocenters. The van der Waals surface area contributed by atoms with E-state index in [9.17, 15) is 19.6 Å². The first kappa shape index (κ1) is 27.8. The van der Waals surface area contributed by atoms with Crippen LogP contribution in [-0.4, -0.2) is 36.5 Å². The van der Waals surface area contributed by atoms with Crippen LogP contribution in [0.15, 0.2) is 23.3 Å². The molecule has 0 saturated heterocycles. The maximum Gasteiger partial charge on any atom is 0.228 e. The number of nitriles is 1. The summed E-state index contributed by atoms with van der Waals surface area (Å²) in [5.74, 6) is 0.153. The van der Waals surface area contributed by atoms with Gasteiger partial charge in [-0.15, -0.1) is 0 Å². The van der Waals surface area contributed by atoms with Gasteiger partial charge in [-0.05, 0) is 79.6 Å². The third-order valence-corrected chi connectivity index (χ3v) is 11.5. The van der Waals surface area contributed by atoms with E-state index in [-0.39, 0.29) is 56.5 Å². The van der Waals surface area contributed by atoms with E-state index in [0.717, 1.165) is 56.9 Å². The topological polar surface area (TPSA) is 78.2 Å². The van der Waals surface area contributed by atoms with E-state index in [1.54, 1.807) is 4.90 Å². The lowest BCUT2D eigenvalue weighted by Crippen LogP contribution is -2.55. The number of rotatable bonds is 4. The van der Waals surface area contributed by atoms with Crippen LogP contribution in [0.2, 0.25) is 0 Å². The van der Waals surface area contributed by atoms with Gasteiger partial charge < -0.3 is 4.90 Å². The zero-order chi connectivity index (χ0) is 27.6. The van der Waals surface area contributed by atoms with E-state index in [0.29, 0.717) is 6.42 Å². The SMILES string of the molecule is C[C@@H]1C(=O)C(C#N)=C[C@]2(C)C3=CC(=O)C[C@@](C)(CCC4(C(=O)N(C)C)CCC(C)(C)CC4)[C@]3(C)CC[C@@H]12. The minimum absolute atomic E-state index is 0.0663. The van der Waals surface area contributed by atoms with Crippen molar-refractivity contribution >= 4 is 17.5 Å². The van der Waals surface area contributed by atoms with Crippen LogP contribution in [0.25, 0.3) is 0 Å². The standard InChI is InChI=1S/C32H46N2O3/c1-21-24-9-10-31(6)25(30(24,5)18-22(20-33)26(21)36)17-23(35)19-29(31,4)13-16-32(27(37)34(7)8)14-11-28(2,3)12-15-32/h17-18,21,24H,9-16,19H2,1-8H3/t21-,24-,29+,30-,31+/m0/s1. The highest BCUT2D eigenvalue weighted by Gasteiger charge is 2.61. The lowest BCUT2D eigenvalue weighted by molar-refractivity contribution is -0.144. The number of allylic oxidation sites excluding steroid dienone is 4. The van der Waals surface area contributed by atoms with Crippen LogP contribution in [0.4, 0.5) is 0 Å². The molecule has 5 heteroatoms. The fourth-order valence-electron chi connectivity index (χ4n) is 8.58. The molecule has 2 saturated carbocycles. The lowest BCUT2D eigenvalue weighted by Gasteiger charge is -2.61. The summed E-state index contributed by atoms with van der Waals surface area (Å²) in [6.45, 7) is 13.2. The van der Waals surface area contributed by atoms with Crippen molar-refractivity contribution in [1.29, 1.82) is 5.26 Å². The Morgan fingerprint density at radius 3 is 2.22 bits per heavy atom. The summed E-state index contributed by atoms with van der Waals surface area (Å²) in [5.41, 5.74) is 0.198. The zero-order valence-electron chi connectivity index (χ0n) is 24.3. The van der Waals surface area contributed by atoms with Crippen LogP contribution >= 0.6 is 0 Å². The van der Waals surface area contributed by atoms with E-state index in [1.165, 1.54) is 0 Å². The summed E-state index contributed by atoms with van der Waals surface area (Å²) >= 11 is 0. The Morgan fingerprint density at radius 2 is 1.65 bits per heavy atom. The molecule has 4 aliphatic rings. The molecule has 0 aliphatic heterocycles. The second-order valence-electron chi connectivity index (χ2n) is 14.5. The van der Waals surface area contributed by atoms with Crippen molar-refractivity contribution in [2.75, 3.05) is 14.1 Å². The molecule has 0 spiro atoms. The van der Waals surface area contributed by atoms with Crippen LogP contribution < -0.4 is 0 Å². The second kappa shape index (κ2) is 8.92. The van der Waals surface area contributed by atoms with Gasteiger partial charge in [0.15, 0.2) is 11.6 Å². The van der Waals surface area contributed by atoms with Gasteiger partial charge in [0, 0.05) is 37.3 Å². The molecule has 0 radical (unpaired) electrons. The van der Waals surface area contributed by atoms with Gasteiger partial charge in [0.25, 0.3) is 0 Å². The fraction of sp³-hybridized carbons (Fsp3) is 0.750. The van der Waals surface area contributed by atoms with Gasteiger partial charge in [-0.2, -0.15) is 5.26 Å². The first-order chi connectivity index (χ1) is 17.0. The molecule has 0 heterocycles. The van der Waals surface area contributed by atoms with Gasteiger partial charge in [-0.1, -0.05) is 53.2 Å². The molecule has 0 aromatic heterocycles. The highest BCUT2D eigenvalue weighted by Crippen LogP contribution is 2.67. The lowest BCUT2D eigenvalue weighted by atomic mass is 9.42. The molecule has 0 aromatic rings. The highest BCUT2D eigenvalue weighted by molar-refractivity contribution is 6.02. The maximum atomic E-state index is 13.6. The van der Waals surface area contributed by atoms with Gasteiger partial charge in [0.2, 0.25) is 5.91 Å². The molecular weight excluding hydrogens is 460 g/mol. The number of nitrogens with zero attached hydrogens (tertiary/aromatic N) is 2. The smallest absolute Gasteiger partial charge is 0.228 e. The number of carbonyl (C=O) groups is 3. The van der Waals surface area contributed by atoms with Crippen molar-refractivity contribution in [3.63, 3.8) is 0 Å². The number of hydrogen-bond donors (Lipinski definition) is 0. The molecule has 37 heavy (non-hydrogen) atoms. The summed E-state index contributed by atoms with van der Waals surface area (Å²) < 4.78 is 0. The van der Waals surface area contributed by atoms with Crippen LogP contribution in [0.5, 0.6) is 0 Å². The molecule has 202 valence electrons. The Bertz CT molecular complexity index is 1110. The monoisotopic (exact) mass is 506 g/mol. The van der Waals surface area contributed by atoms with E-state index >= 15 is 0 Å². The zero-order valence-corrected chi connectivity index (χ0v) is 24.3. The predicted molar refractivity (Wildman–Crippen MR) is 145 cm³/mol. The van der Waals surface area contributed by atoms with Crippen LogP contribution in [0.3, 0.4) is 0 Å². The molecule has 4 aliphatic carbocycles. The first-order valence-corrected chi connectivity index (χ1v) is 14.2. The molecular formula is C32H46N2O3. The number of ketones is 2. The van der Waals surface area contributed by atoms with E-state index < -0.39 is 5.41 Å². The Morgan fingerprint density at radius 1 is 1.03 bits per heavy atom. The maximum absolute atomic E-state index is 13.6. The highest BCUT2D eigenvalue weighted by atomic mass is 16.2. The Hall–Kier alpha value is -2.22. The Labute approximate surface area is 223 Å². The van der Waals surface area contributed by atoms with Crippen molar-refractivity contribution in [1.82, 2.24) is 4.90 Å². The van der Waals surface area contributed by atoms with Gasteiger partial charge in [-0.25, -0.2) is 0 Å². The minimum atomic E-state index is -0.491. The number of fused-ring (bicyclic) bond motifs is 3. The normalized spacial score (nSPS) is 38.5. The molecule has 0 bridgehead atoms. The summed E-state index contributed by atoms with van der Waals surface area (Å²) in [5, 5.41) is 9.73. The van der Waals surface area contributed by atoms with Crippen LogP contribution in [-0.2, 0) is 14.4 Å². The molecule has 1 amide bonds. The summed E-state index contributed by atoms with van der Waals surface area (Å²) in [6, 6.07) is 2.14. The molecule has 5 atom stereocenters. The molecule has 4 rings (SSSR count). The average Bonchev–Trinajstić information content (AvgIpc) is 2.82. The van der Waals surface area contributed by atoms with Crippen molar-refractivity contribution in [3.05, 3.63) is 23.3 Å². The van der Waals surface area contributed by atoms with Gasteiger partial charge in [-0.3, -0.25) is 14.4 Å². The molecule has 0 aromatic carbocycles. The average molecular weight is 507 g/mol. The van der Waals surface area contributed by atoms with E-state index in [1.807, 2.05) is 33.2 Å². The van der Waals surface area contributed by atoms with Crippen molar-refractivity contribution in [2.24, 2.45) is 38.9 Å². The van der Waals surface area contributed by atoms with Gasteiger partial charge in [0.1, 0.15) is 6.07 Å². The number of amides is 1. The third-order valence-electron chi connectivity index (χ3n) is 11.5. The minimum Gasteiger partial charge on any atom is -0.348 e. The number of Topliss-reactive ketones (excluding diaryl/α,β-unsaturated/α-hetero) is 1. The molecule has 2 fully saturated rings. The van der Waals surface area contributed by atoms with E-state index in [4.69, 9.17) is 0 Å². The number of carbonyl (C=O) groups excluding carboxylic acids is 3. The van der Waals surface area contributed by atoms with E-state index in [2.05, 4.69) is 40.7 Å². The first-order valence-electron chi connectivity index (χ1n) is 14.2. The van der Waals surface area contributed by atoms with Crippen LogP contribution in [0.1, 0.15) is 99.3 Å². The summed E-state index contributed by atoms with van der Waals surface area (Å²) in [4.78, 5) is 41.5. The fourth-order valence-corrected chi connectivity index (χ4v) is 8.58. The largest absolute Gasteiger partial charge is 0.348 e. The molecule has 5 nitrogen and oxygen atoms in total. The van der Waals surface area contributed by atoms with Gasteiger partial charge >= 0.3 is 0 Å². The summed E-state index contributed by atoms with van der Waals surface area (Å²) in [6.07, 6.45) is 11.5. The Kier molecular flexibility index (Phi) is 6.71. The third kappa shape index (κ3) is 4.23. The summed E-state index contributed by atoms with van der Waals surface area (Å²) in [7, 11) is 3.73. The quantitative estimate of drug-likeness (QED) is 0.440. The predicted octanol–water partition coefficient (Wildman–Crippen LogP) is 6.44. The molecule has 0 N–H and O–H groups in total. The van der Waals surface area contributed by atoms with Crippen LogP contribution in [0, 0.1) is 50.2 Å².